The van der Waals surface area contributed by atoms with E-state index in [4.69, 9.17) is 4.74 Å². The van der Waals surface area contributed by atoms with Crippen LogP contribution in [0.5, 0.6) is 5.75 Å². The van der Waals surface area contributed by atoms with Crippen LogP contribution in [0.4, 0.5) is 19.6 Å². The lowest BCUT2D eigenvalue weighted by Crippen LogP contribution is -2.35. The van der Waals surface area contributed by atoms with Gasteiger partial charge < -0.3 is 15.0 Å². The zero-order valence-corrected chi connectivity index (χ0v) is 18.0. The van der Waals surface area contributed by atoms with Crippen LogP contribution in [0.15, 0.2) is 36.5 Å². The van der Waals surface area contributed by atoms with Crippen molar-refractivity contribution < 1.29 is 18.3 Å². The second kappa shape index (κ2) is 8.97. The van der Waals surface area contributed by atoms with Crippen molar-refractivity contribution in [2.45, 2.75) is 32.7 Å². The molecule has 0 aliphatic carbocycles. The molecule has 3 heterocycles. The molecule has 1 saturated heterocycles. The van der Waals surface area contributed by atoms with Crippen LogP contribution < -0.4 is 10.1 Å². The third-order valence-corrected chi connectivity index (χ3v) is 5.83. The first kappa shape index (κ1) is 21.2. The van der Waals surface area contributed by atoms with Crippen molar-refractivity contribution in [2.75, 3.05) is 18.5 Å². The smallest absolute Gasteiger partial charge is 0.261 e. The highest BCUT2D eigenvalue weighted by Crippen LogP contribution is 2.33. The van der Waals surface area contributed by atoms with E-state index in [2.05, 4.69) is 15.3 Å². The quantitative estimate of drug-likeness (QED) is 0.585. The minimum atomic E-state index is -0.834. The van der Waals surface area contributed by atoms with Crippen LogP contribution in [0.1, 0.15) is 35.1 Å². The summed E-state index contributed by atoms with van der Waals surface area (Å²) in [6.45, 7) is 4.15. The van der Waals surface area contributed by atoms with E-state index in [1.807, 2.05) is 32.2 Å². The summed E-state index contributed by atoms with van der Waals surface area (Å²) >= 11 is 1.56. The first-order chi connectivity index (χ1) is 14.9. The summed E-state index contributed by atoms with van der Waals surface area (Å²) in [6, 6.07) is 6.68. The molecule has 1 N–H and O–H groups in total. The summed E-state index contributed by atoms with van der Waals surface area (Å²) in [5.74, 6) is -1.94. The Balaban J connectivity index is 1.47. The minimum Gasteiger partial charge on any atom is -0.481 e. The SMILES string of the molecule is Cc1cc(Nc2ncc(C)s2)cc([C@H]2CCCN2C(=O)COc2ccc(F)cc2F)n1. The van der Waals surface area contributed by atoms with E-state index in [9.17, 15) is 13.6 Å². The van der Waals surface area contributed by atoms with Gasteiger partial charge in [-0.05, 0) is 51.0 Å². The fourth-order valence-electron chi connectivity index (χ4n) is 3.66. The number of halogens is 2. The second-order valence-corrected chi connectivity index (χ2v) is 8.67. The Kier molecular flexibility index (Phi) is 6.13. The van der Waals surface area contributed by atoms with Crippen LogP contribution in [-0.2, 0) is 4.79 Å². The Hall–Kier alpha value is -3.07. The third kappa shape index (κ3) is 4.99. The van der Waals surface area contributed by atoms with Crippen LogP contribution in [0.25, 0.3) is 0 Å². The molecule has 2 aromatic heterocycles. The number of likely N-dealkylation sites (tertiary alicyclic amines) is 1. The molecule has 1 aromatic carbocycles. The Morgan fingerprint density at radius 2 is 2.13 bits per heavy atom. The van der Waals surface area contributed by atoms with E-state index in [1.165, 1.54) is 6.07 Å². The number of nitrogens with zero attached hydrogens (tertiary/aromatic N) is 3. The van der Waals surface area contributed by atoms with Crippen molar-refractivity contribution >= 4 is 28.1 Å². The highest BCUT2D eigenvalue weighted by molar-refractivity contribution is 7.15. The summed E-state index contributed by atoms with van der Waals surface area (Å²) in [5.41, 5.74) is 2.48. The molecule has 0 bridgehead atoms. The van der Waals surface area contributed by atoms with E-state index in [0.29, 0.717) is 6.54 Å². The molecular formula is C22H22F2N4O2S. The fourth-order valence-corrected chi connectivity index (χ4v) is 4.35. The number of aromatic nitrogens is 2. The number of anilines is 2. The van der Waals surface area contributed by atoms with Gasteiger partial charge in [-0.15, -0.1) is 11.3 Å². The highest BCUT2D eigenvalue weighted by Gasteiger charge is 2.31. The van der Waals surface area contributed by atoms with Crippen LogP contribution in [-0.4, -0.2) is 33.9 Å². The van der Waals surface area contributed by atoms with Gasteiger partial charge in [0.05, 0.1) is 11.7 Å². The predicted molar refractivity (Wildman–Crippen MR) is 115 cm³/mol. The standard InChI is InChI=1S/C22H22F2N4O2S/c1-13-8-16(27-22-25-11-14(2)31-22)10-18(26-13)19-4-3-7-28(19)21(29)12-30-20-6-5-15(23)9-17(20)24/h5-6,8-11,19H,3-4,7,12H2,1-2H3,(H,25,26,27)/t19-/m1/s1. The van der Waals surface area contributed by atoms with E-state index in [1.54, 1.807) is 16.2 Å². The molecule has 1 aliphatic rings. The fraction of sp³-hybridized carbons (Fsp3) is 0.318. The number of rotatable bonds is 6. The molecule has 1 amide bonds. The van der Waals surface area contributed by atoms with E-state index in [0.717, 1.165) is 52.1 Å². The predicted octanol–water partition coefficient (Wildman–Crippen LogP) is 4.92. The number of aryl methyl sites for hydroxylation is 2. The van der Waals surface area contributed by atoms with Crippen molar-refractivity contribution in [2.24, 2.45) is 0 Å². The second-order valence-electron chi connectivity index (χ2n) is 7.43. The maximum atomic E-state index is 13.8. The third-order valence-electron chi connectivity index (χ3n) is 5.01. The zero-order chi connectivity index (χ0) is 22.0. The average molecular weight is 445 g/mol. The molecule has 0 spiro atoms. The van der Waals surface area contributed by atoms with Gasteiger partial charge in [0.1, 0.15) is 5.82 Å². The lowest BCUT2D eigenvalue weighted by atomic mass is 10.1. The zero-order valence-electron chi connectivity index (χ0n) is 17.2. The molecule has 1 atom stereocenters. The Morgan fingerprint density at radius 1 is 1.29 bits per heavy atom. The number of hydrogen-bond acceptors (Lipinski definition) is 6. The van der Waals surface area contributed by atoms with Gasteiger partial charge in [0.2, 0.25) is 0 Å². The van der Waals surface area contributed by atoms with Crippen molar-refractivity contribution in [3.63, 3.8) is 0 Å². The van der Waals surface area contributed by atoms with Crippen LogP contribution in [0, 0.1) is 25.5 Å². The minimum absolute atomic E-state index is 0.149. The molecular weight excluding hydrogens is 422 g/mol. The number of nitrogens with one attached hydrogen (secondary N) is 1. The Labute approximate surface area is 182 Å². The number of pyridine rings is 1. The highest BCUT2D eigenvalue weighted by atomic mass is 32.1. The molecule has 0 saturated carbocycles. The van der Waals surface area contributed by atoms with E-state index in [-0.39, 0.29) is 24.3 Å². The van der Waals surface area contributed by atoms with Gasteiger partial charge in [-0.1, -0.05) is 0 Å². The van der Waals surface area contributed by atoms with Gasteiger partial charge in [0, 0.05) is 35.1 Å². The van der Waals surface area contributed by atoms with E-state index < -0.39 is 11.6 Å². The molecule has 6 nitrogen and oxygen atoms in total. The lowest BCUT2D eigenvalue weighted by molar-refractivity contribution is -0.134. The molecule has 162 valence electrons. The average Bonchev–Trinajstić information content (AvgIpc) is 3.36. The van der Waals surface area contributed by atoms with Crippen LogP contribution in [0.2, 0.25) is 0 Å². The molecule has 0 radical (unpaired) electrons. The first-order valence-electron chi connectivity index (χ1n) is 9.94. The molecule has 1 fully saturated rings. The Bertz CT molecular complexity index is 1100. The van der Waals surface area contributed by atoms with Crippen molar-refractivity contribution in [1.29, 1.82) is 0 Å². The van der Waals surface area contributed by atoms with Gasteiger partial charge >= 0.3 is 0 Å². The van der Waals surface area contributed by atoms with Gasteiger partial charge in [0.15, 0.2) is 23.3 Å². The maximum absolute atomic E-state index is 13.8. The number of carbonyl (C=O) groups is 1. The normalized spacial score (nSPS) is 15.9. The number of thiazole rings is 1. The first-order valence-corrected chi connectivity index (χ1v) is 10.8. The molecule has 31 heavy (non-hydrogen) atoms. The summed E-state index contributed by atoms with van der Waals surface area (Å²) in [6.07, 6.45) is 3.43. The lowest BCUT2D eigenvalue weighted by Gasteiger charge is -2.25. The number of benzene rings is 1. The van der Waals surface area contributed by atoms with Crippen LogP contribution >= 0.6 is 11.3 Å². The summed E-state index contributed by atoms with van der Waals surface area (Å²) in [7, 11) is 0. The van der Waals surface area contributed by atoms with Gasteiger partial charge in [0.25, 0.3) is 5.91 Å². The number of hydrogen-bond donors (Lipinski definition) is 1. The molecule has 4 rings (SSSR count). The molecule has 3 aromatic rings. The summed E-state index contributed by atoms with van der Waals surface area (Å²) < 4.78 is 32.1. The van der Waals surface area contributed by atoms with Crippen molar-refractivity contribution in [3.05, 3.63) is 64.4 Å². The van der Waals surface area contributed by atoms with Crippen molar-refractivity contribution in [1.82, 2.24) is 14.9 Å². The van der Waals surface area contributed by atoms with Crippen LogP contribution in [0.3, 0.4) is 0 Å². The number of carbonyl (C=O) groups excluding carboxylic acids is 1. The molecule has 1 aliphatic heterocycles. The monoisotopic (exact) mass is 444 g/mol. The molecule has 9 heteroatoms. The topological polar surface area (TPSA) is 67.4 Å². The Morgan fingerprint density at radius 3 is 2.87 bits per heavy atom. The van der Waals surface area contributed by atoms with Gasteiger partial charge in [-0.25, -0.2) is 13.8 Å². The van der Waals surface area contributed by atoms with E-state index >= 15 is 0 Å². The number of amides is 1. The van der Waals surface area contributed by atoms with Crippen molar-refractivity contribution in [3.8, 4) is 5.75 Å². The van der Waals surface area contributed by atoms with Gasteiger partial charge in [-0.3, -0.25) is 9.78 Å². The molecule has 0 unspecified atom stereocenters. The van der Waals surface area contributed by atoms with Gasteiger partial charge in [-0.2, -0.15) is 0 Å². The summed E-state index contributed by atoms with van der Waals surface area (Å²) in [5, 5.41) is 4.09. The largest absolute Gasteiger partial charge is 0.481 e. The maximum Gasteiger partial charge on any atom is 0.261 e. The number of ether oxygens (including phenoxy) is 1. The summed E-state index contributed by atoms with van der Waals surface area (Å²) in [4.78, 5) is 24.6.